The van der Waals surface area contributed by atoms with Crippen LogP contribution in [0.25, 0.3) is 0 Å². The van der Waals surface area contributed by atoms with Gasteiger partial charge in [-0.15, -0.1) is 0 Å². The predicted molar refractivity (Wildman–Crippen MR) is 75.9 cm³/mol. The first kappa shape index (κ1) is 16.3. The van der Waals surface area contributed by atoms with Crippen LogP contribution in [-0.4, -0.2) is 65.4 Å². The Hall–Kier alpha value is -1.08. The monoisotopic (exact) mass is 300 g/mol. The van der Waals surface area contributed by atoms with Crippen LogP contribution in [-0.2, 0) is 0 Å². The van der Waals surface area contributed by atoms with Crippen molar-refractivity contribution < 1.29 is 19.0 Å². The lowest BCUT2D eigenvalue weighted by atomic mass is 10.1. The zero-order valence-electron chi connectivity index (χ0n) is 12.2. The molecule has 2 unspecified atom stereocenters. The minimum Gasteiger partial charge on any atom is -0.392 e. The molecular formula is C15H22F2N2O2. The van der Waals surface area contributed by atoms with Crippen LogP contribution in [0.1, 0.15) is 18.6 Å². The molecule has 0 saturated carbocycles. The van der Waals surface area contributed by atoms with Crippen molar-refractivity contribution in [2.24, 2.45) is 0 Å². The summed E-state index contributed by atoms with van der Waals surface area (Å²) in [4.78, 5) is 4.21. The first-order chi connectivity index (χ1) is 9.95. The van der Waals surface area contributed by atoms with E-state index in [-0.39, 0.29) is 11.7 Å². The Balaban J connectivity index is 1.85. The van der Waals surface area contributed by atoms with Gasteiger partial charge in [-0.3, -0.25) is 9.80 Å². The Morgan fingerprint density at radius 3 is 2.14 bits per heavy atom. The third-order valence-corrected chi connectivity index (χ3v) is 3.74. The summed E-state index contributed by atoms with van der Waals surface area (Å²) in [5.74, 6) is -1.36. The van der Waals surface area contributed by atoms with E-state index in [9.17, 15) is 19.0 Å². The maximum Gasteiger partial charge on any atom is 0.131 e. The van der Waals surface area contributed by atoms with Gasteiger partial charge in [-0.1, -0.05) is 6.07 Å². The van der Waals surface area contributed by atoms with Crippen LogP contribution in [0.2, 0.25) is 0 Å². The van der Waals surface area contributed by atoms with Gasteiger partial charge in [0.05, 0.1) is 12.2 Å². The summed E-state index contributed by atoms with van der Waals surface area (Å²) in [5.41, 5.74) is 0.128. The zero-order chi connectivity index (χ0) is 15.4. The first-order valence-corrected chi connectivity index (χ1v) is 7.21. The van der Waals surface area contributed by atoms with Crippen LogP contribution in [0.5, 0.6) is 0 Å². The molecule has 2 rings (SSSR count). The smallest absolute Gasteiger partial charge is 0.131 e. The Morgan fingerprint density at radius 2 is 1.62 bits per heavy atom. The van der Waals surface area contributed by atoms with E-state index in [1.807, 2.05) is 4.90 Å². The van der Waals surface area contributed by atoms with Crippen LogP contribution >= 0.6 is 0 Å². The molecule has 0 spiro atoms. The van der Waals surface area contributed by atoms with Gasteiger partial charge in [0.15, 0.2) is 0 Å². The third kappa shape index (κ3) is 4.71. The number of aliphatic hydroxyl groups is 2. The number of rotatable bonds is 5. The summed E-state index contributed by atoms with van der Waals surface area (Å²) in [6, 6.07) is 3.24. The highest BCUT2D eigenvalue weighted by molar-refractivity contribution is 5.21. The van der Waals surface area contributed by atoms with E-state index in [0.29, 0.717) is 13.1 Å². The molecule has 1 aliphatic rings. The molecule has 2 N–H and O–H groups in total. The van der Waals surface area contributed by atoms with E-state index < -0.39 is 17.7 Å². The Bertz CT molecular complexity index is 463. The van der Waals surface area contributed by atoms with Gasteiger partial charge in [0.2, 0.25) is 0 Å². The van der Waals surface area contributed by atoms with Gasteiger partial charge in [0, 0.05) is 50.9 Å². The van der Waals surface area contributed by atoms with Gasteiger partial charge in [-0.05, 0) is 13.0 Å². The second kappa shape index (κ2) is 7.26. The quantitative estimate of drug-likeness (QED) is 0.851. The van der Waals surface area contributed by atoms with Crippen molar-refractivity contribution in [1.29, 1.82) is 0 Å². The Kier molecular flexibility index (Phi) is 5.64. The fourth-order valence-electron chi connectivity index (χ4n) is 2.64. The van der Waals surface area contributed by atoms with Crippen LogP contribution in [0, 0.1) is 11.6 Å². The molecule has 0 aliphatic carbocycles. The van der Waals surface area contributed by atoms with E-state index in [1.54, 1.807) is 6.92 Å². The van der Waals surface area contributed by atoms with Gasteiger partial charge >= 0.3 is 0 Å². The highest BCUT2D eigenvalue weighted by atomic mass is 19.1. The molecule has 1 aliphatic heterocycles. The molecule has 1 heterocycles. The van der Waals surface area contributed by atoms with Crippen LogP contribution < -0.4 is 0 Å². The van der Waals surface area contributed by atoms with Crippen molar-refractivity contribution >= 4 is 0 Å². The lowest BCUT2D eigenvalue weighted by molar-refractivity contribution is 0.0516. The molecule has 118 valence electrons. The SMILES string of the molecule is CC(O)CN1CCN(CC(O)c2ccc(F)cc2F)CC1. The average Bonchev–Trinajstić information content (AvgIpc) is 2.40. The minimum atomic E-state index is -0.964. The van der Waals surface area contributed by atoms with E-state index >= 15 is 0 Å². The number of aliphatic hydroxyl groups excluding tert-OH is 2. The van der Waals surface area contributed by atoms with Gasteiger partial charge in [0.25, 0.3) is 0 Å². The van der Waals surface area contributed by atoms with E-state index in [0.717, 1.165) is 38.3 Å². The summed E-state index contributed by atoms with van der Waals surface area (Å²) in [6.07, 6.45) is -1.32. The van der Waals surface area contributed by atoms with Crippen LogP contribution in [0.3, 0.4) is 0 Å². The molecule has 0 bridgehead atoms. The maximum atomic E-state index is 13.6. The van der Waals surface area contributed by atoms with Crippen molar-refractivity contribution in [1.82, 2.24) is 9.80 Å². The van der Waals surface area contributed by atoms with E-state index in [1.165, 1.54) is 6.07 Å². The molecule has 0 aromatic heterocycles. The zero-order valence-corrected chi connectivity index (χ0v) is 12.2. The Morgan fingerprint density at radius 1 is 1.05 bits per heavy atom. The van der Waals surface area contributed by atoms with Gasteiger partial charge in [0.1, 0.15) is 11.6 Å². The largest absolute Gasteiger partial charge is 0.392 e. The van der Waals surface area contributed by atoms with Crippen molar-refractivity contribution in [3.05, 3.63) is 35.4 Å². The number of nitrogens with zero attached hydrogens (tertiary/aromatic N) is 2. The molecule has 21 heavy (non-hydrogen) atoms. The average molecular weight is 300 g/mol. The van der Waals surface area contributed by atoms with Crippen molar-refractivity contribution in [2.75, 3.05) is 39.3 Å². The van der Waals surface area contributed by atoms with Crippen molar-refractivity contribution in [3.63, 3.8) is 0 Å². The molecule has 1 saturated heterocycles. The molecular weight excluding hydrogens is 278 g/mol. The number of β-amino-alcohol motifs (C(OH)–C–C–N with tert-alkyl or cyclic N) is 2. The van der Waals surface area contributed by atoms with Gasteiger partial charge in [-0.2, -0.15) is 0 Å². The molecule has 2 atom stereocenters. The molecule has 1 aromatic carbocycles. The highest BCUT2D eigenvalue weighted by Gasteiger charge is 2.22. The number of hydrogen-bond donors (Lipinski definition) is 2. The first-order valence-electron chi connectivity index (χ1n) is 7.21. The number of hydrogen-bond acceptors (Lipinski definition) is 4. The molecule has 0 amide bonds. The summed E-state index contributed by atoms with van der Waals surface area (Å²) >= 11 is 0. The predicted octanol–water partition coefficient (Wildman–Crippen LogP) is 0.997. The normalized spacial score (nSPS) is 20.4. The fourth-order valence-corrected chi connectivity index (χ4v) is 2.64. The number of benzene rings is 1. The van der Waals surface area contributed by atoms with Crippen LogP contribution in [0.4, 0.5) is 8.78 Å². The maximum absolute atomic E-state index is 13.6. The van der Waals surface area contributed by atoms with Crippen LogP contribution in [0.15, 0.2) is 18.2 Å². The minimum absolute atomic E-state index is 0.128. The summed E-state index contributed by atoms with van der Waals surface area (Å²) in [6.45, 7) is 5.85. The molecule has 1 fully saturated rings. The molecule has 4 nitrogen and oxygen atoms in total. The summed E-state index contributed by atoms with van der Waals surface area (Å²) in [5, 5.41) is 19.4. The summed E-state index contributed by atoms with van der Waals surface area (Å²) in [7, 11) is 0. The van der Waals surface area contributed by atoms with E-state index in [2.05, 4.69) is 4.90 Å². The molecule has 6 heteroatoms. The highest BCUT2D eigenvalue weighted by Crippen LogP contribution is 2.19. The van der Waals surface area contributed by atoms with Gasteiger partial charge < -0.3 is 10.2 Å². The van der Waals surface area contributed by atoms with E-state index in [4.69, 9.17) is 0 Å². The third-order valence-electron chi connectivity index (χ3n) is 3.74. The summed E-state index contributed by atoms with van der Waals surface area (Å²) < 4.78 is 26.5. The van der Waals surface area contributed by atoms with Crippen molar-refractivity contribution in [2.45, 2.75) is 19.1 Å². The number of piperazine rings is 1. The lowest BCUT2D eigenvalue weighted by Gasteiger charge is -2.36. The standard InChI is InChI=1S/C15H22F2N2O2/c1-11(20)9-18-4-6-19(7-5-18)10-15(21)13-3-2-12(16)8-14(13)17/h2-3,8,11,15,20-21H,4-7,9-10H2,1H3. The molecule has 0 radical (unpaired) electrons. The lowest BCUT2D eigenvalue weighted by Crippen LogP contribution is -2.49. The van der Waals surface area contributed by atoms with Gasteiger partial charge in [-0.25, -0.2) is 8.78 Å². The second-order valence-corrected chi connectivity index (χ2v) is 5.63. The number of halogens is 2. The Labute approximate surface area is 123 Å². The van der Waals surface area contributed by atoms with Crippen molar-refractivity contribution in [3.8, 4) is 0 Å². The topological polar surface area (TPSA) is 46.9 Å². The fraction of sp³-hybridized carbons (Fsp3) is 0.600. The second-order valence-electron chi connectivity index (χ2n) is 5.63. The molecule has 1 aromatic rings.